The first-order chi connectivity index (χ1) is 12.3. The molecule has 6 nitrogen and oxygen atoms in total. The predicted molar refractivity (Wildman–Crippen MR) is 99.7 cm³/mol. The standard InChI is InChI=1S/C19H24N2O4S/c1-12-4-3-5-13(8-12)9-14(18(24)25)10-20-17(23)15-11-26-19(2)7-6-16(22)21(15)19/h3-5,8,14-15H,6-7,9-11H2,1-2H3,(H,20,23)(H,24,25)/t14-,15+,19-/m1/s1. The number of nitrogens with zero attached hydrogens (tertiary/aromatic N) is 1. The molecule has 2 heterocycles. The number of hydrogen-bond donors (Lipinski definition) is 2. The normalized spacial score (nSPS) is 25.8. The van der Waals surface area contributed by atoms with Gasteiger partial charge in [-0.25, -0.2) is 0 Å². The Kier molecular flexibility index (Phi) is 5.27. The number of thioether (sulfide) groups is 1. The Morgan fingerprint density at radius 2 is 2.23 bits per heavy atom. The van der Waals surface area contributed by atoms with Crippen molar-refractivity contribution in [2.24, 2.45) is 5.92 Å². The monoisotopic (exact) mass is 376 g/mol. The fourth-order valence-corrected chi connectivity index (χ4v) is 5.16. The van der Waals surface area contributed by atoms with Gasteiger partial charge in [-0.05, 0) is 32.3 Å². The van der Waals surface area contributed by atoms with Crippen molar-refractivity contribution >= 4 is 29.5 Å². The third kappa shape index (κ3) is 3.72. The molecule has 0 unspecified atom stereocenters. The minimum Gasteiger partial charge on any atom is -0.481 e. The zero-order valence-electron chi connectivity index (χ0n) is 15.0. The van der Waals surface area contributed by atoms with Gasteiger partial charge in [0.15, 0.2) is 0 Å². The summed E-state index contributed by atoms with van der Waals surface area (Å²) >= 11 is 1.63. The van der Waals surface area contributed by atoms with Gasteiger partial charge in [0.05, 0.1) is 10.8 Å². The molecule has 2 N–H and O–H groups in total. The van der Waals surface area contributed by atoms with E-state index in [2.05, 4.69) is 5.32 Å². The van der Waals surface area contributed by atoms with Crippen LogP contribution in [0.15, 0.2) is 24.3 Å². The molecule has 2 saturated heterocycles. The molecule has 0 radical (unpaired) electrons. The number of aryl methyl sites for hydroxylation is 1. The van der Waals surface area contributed by atoms with Gasteiger partial charge in [0.2, 0.25) is 11.8 Å². The number of fused-ring (bicyclic) bond motifs is 1. The first kappa shape index (κ1) is 18.8. The molecule has 2 fully saturated rings. The zero-order chi connectivity index (χ0) is 18.9. The first-order valence-corrected chi connectivity index (χ1v) is 9.81. The van der Waals surface area contributed by atoms with Gasteiger partial charge in [0, 0.05) is 18.7 Å². The number of aliphatic carboxylic acids is 1. The van der Waals surface area contributed by atoms with Crippen LogP contribution >= 0.6 is 11.8 Å². The average Bonchev–Trinajstić information content (AvgIpc) is 3.07. The summed E-state index contributed by atoms with van der Waals surface area (Å²) in [5.41, 5.74) is 2.01. The molecule has 1 aromatic carbocycles. The second-order valence-electron chi connectivity index (χ2n) is 7.24. The lowest BCUT2D eigenvalue weighted by Crippen LogP contribution is -2.51. The highest BCUT2D eigenvalue weighted by molar-refractivity contribution is 8.01. The Morgan fingerprint density at radius 3 is 2.92 bits per heavy atom. The van der Waals surface area contributed by atoms with Gasteiger partial charge in [-0.3, -0.25) is 14.4 Å². The Labute approximate surface area is 157 Å². The number of hydrogen-bond acceptors (Lipinski definition) is 4. The van der Waals surface area contributed by atoms with E-state index in [9.17, 15) is 19.5 Å². The smallest absolute Gasteiger partial charge is 0.308 e. The maximum Gasteiger partial charge on any atom is 0.308 e. The van der Waals surface area contributed by atoms with Crippen LogP contribution in [0.3, 0.4) is 0 Å². The second-order valence-corrected chi connectivity index (χ2v) is 8.74. The van der Waals surface area contributed by atoms with Crippen molar-refractivity contribution in [1.29, 1.82) is 0 Å². The molecule has 1 aromatic rings. The van der Waals surface area contributed by atoms with E-state index in [0.29, 0.717) is 18.6 Å². The number of carbonyl (C=O) groups is 3. The van der Waals surface area contributed by atoms with Crippen molar-refractivity contribution in [3.63, 3.8) is 0 Å². The van der Waals surface area contributed by atoms with Crippen LogP contribution in [-0.2, 0) is 20.8 Å². The molecule has 2 aliphatic rings. The summed E-state index contributed by atoms with van der Waals surface area (Å²) < 4.78 is 0. The summed E-state index contributed by atoms with van der Waals surface area (Å²) in [5.74, 6) is -1.33. The van der Waals surface area contributed by atoms with E-state index >= 15 is 0 Å². The van der Waals surface area contributed by atoms with Gasteiger partial charge in [-0.15, -0.1) is 11.8 Å². The quantitative estimate of drug-likeness (QED) is 0.791. The molecule has 0 spiro atoms. The van der Waals surface area contributed by atoms with Crippen molar-refractivity contribution in [3.8, 4) is 0 Å². The Morgan fingerprint density at radius 1 is 1.46 bits per heavy atom. The molecule has 2 aliphatic heterocycles. The molecule has 7 heteroatoms. The highest BCUT2D eigenvalue weighted by atomic mass is 32.2. The van der Waals surface area contributed by atoms with E-state index in [-0.39, 0.29) is 23.2 Å². The SMILES string of the molecule is Cc1cccc(C[C@H](CNC(=O)[C@@H]2CS[C@]3(C)CCC(=O)N23)C(=O)O)c1. The number of rotatable bonds is 6. The number of amides is 2. The van der Waals surface area contributed by atoms with Crippen LogP contribution < -0.4 is 5.32 Å². The number of benzene rings is 1. The average molecular weight is 376 g/mol. The summed E-state index contributed by atoms with van der Waals surface area (Å²) in [6.45, 7) is 4.01. The van der Waals surface area contributed by atoms with Gasteiger partial charge in [0.25, 0.3) is 0 Å². The minimum atomic E-state index is -0.935. The van der Waals surface area contributed by atoms with Gasteiger partial charge < -0.3 is 15.3 Å². The van der Waals surface area contributed by atoms with E-state index in [1.54, 1.807) is 16.7 Å². The molecule has 26 heavy (non-hydrogen) atoms. The lowest BCUT2D eigenvalue weighted by Gasteiger charge is -2.30. The first-order valence-electron chi connectivity index (χ1n) is 8.82. The maximum absolute atomic E-state index is 12.6. The summed E-state index contributed by atoms with van der Waals surface area (Å²) in [6, 6.07) is 7.21. The predicted octanol–water partition coefficient (Wildman–Crippen LogP) is 1.81. The van der Waals surface area contributed by atoms with Crippen LogP contribution in [-0.4, -0.2) is 51.0 Å². The highest BCUT2D eigenvalue weighted by Crippen LogP contribution is 2.47. The molecule has 0 aromatic heterocycles. The number of carbonyl (C=O) groups excluding carboxylic acids is 2. The van der Waals surface area contributed by atoms with Gasteiger partial charge in [0.1, 0.15) is 6.04 Å². The Hall–Kier alpha value is -2.02. The molecule has 0 aliphatic carbocycles. The molecule has 140 valence electrons. The van der Waals surface area contributed by atoms with Crippen LogP contribution in [0.5, 0.6) is 0 Å². The molecule has 0 bridgehead atoms. The fraction of sp³-hybridized carbons (Fsp3) is 0.526. The largest absolute Gasteiger partial charge is 0.481 e. The van der Waals surface area contributed by atoms with Crippen LogP contribution in [0.25, 0.3) is 0 Å². The molecular weight excluding hydrogens is 352 g/mol. The van der Waals surface area contributed by atoms with E-state index in [1.165, 1.54) is 0 Å². The lowest BCUT2D eigenvalue weighted by atomic mass is 9.98. The molecular formula is C19H24N2O4S. The number of nitrogens with one attached hydrogen (secondary N) is 1. The minimum absolute atomic E-state index is 0.00666. The topological polar surface area (TPSA) is 86.7 Å². The van der Waals surface area contributed by atoms with Gasteiger partial charge in [-0.1, -0.05) is 29.8 Å². The van der Waals surface area contributed by atoms with Crippen LogP contribution in [0.2, 0.25) is 0 Å². The van der Waals surface area contributed by atoms with Crippen LogP contribution in [0.1, 0.15) is 30.9 Å². The summed E-state index contributed by atoms with van der Waals surface area (Å²) in [6.07, 6.45) is 1.58. The Bertz CT molecular complexity index is 738. The van der Waals surface area contributed by atoms with Crippen molar-refractivity contribution < 1.29 is 19.5 Å². The third-order valence-corrected chi connectivity index (χ3v) is 6.69. The van der Waals surface area contributed by atoms with Gasteiger partial charge >= 0.3 is 5.97 Å². The molecule has 0 saturated carbocycles. The molecule has 3 rings (SSSR count). The Balaban J connectivity index is 1.61. The number of carboxylic acid groups (broad SMARTS) is 1. The van der Waals surface area contributed by atoms with Crippen molar-refractivity contribution in [3.05, 3.63) is 35.4 Å². The summed E-state index contributed by atoms with van der Waals surface area (Å²) in [4.78, 5) is 37.7. The molecule has 3 atom stereocenters. The lowest BCUT2D eigenvalue weighted by molar-refractivity contribution is -0.142. The zero-order valence-corrected chi connectivity index (χ0v) is 15.8. The number of carboxylic acids is 1. The van der Waals surface area contributed by atoms with Crippen molar-refractivity contribution in [2.45, 2.75) is 44.0 Å². The second kappa shape index (κ2) is 7.31. The highest BCUT2D eigenvalue weighted by Gasteiger charge is 2.52. The van der Waals surface area contributed by atoms with E-state index in [4.69, 9.17) is 0 Å². The van der Waals surface area contributed by atoms with Crippen LogP contribution in [0, 0.1) is 12.8 Å². The fourth-order valence-electron chi connectivity index (χ4n) is 3.73. The summed E-state index contributed by atoms with van der Waals surface area (Å²) in [5, 5.41) is 12.3. The van der Waals surface area contributed by atoms with Gasteiger partial charge in [-0.2, -0.15) is 0 Å². The van der Waals surface area contributed by atoms with Crippen molar-refractivity contribution in [1.82, 2.24) is 10.2 Å². The molecule has 2 amide bonds. The van der Waals surface area contributed by atoms with Crippen LogP contribution in [0.4, 0.5) is 0 Å². The summed E-state index contributed by atoms with van der Waals surface area (Å²) in [7, 11) is 0. The van der Waals surface area contributed by atoms with E-state index in [1.807, 2.05) is 38.1 Å². The van der Waals surface area contributed by atoms with E-state index in [0.717, 1.165) is 17.5 Å². The maximum atomic E-state index is 12.6. The van der Waals surface area contributed by atoms with Crippen molar-refractivity contribution in [2.75, 3.05) is 12.3 Å². The third-order valence-electron chi connectivity index (χ3n) is 5.18. The van der Waals surface area contributed by atoms with E-state index < -0.39 is 17.9 Å².